The van der Waals surface area contributed by atoms with Crippen LogP contribution in [0.3, 0.4) is 0 Å². The SMILES string of the molecule is COc1ccc(Cn2cn[nH]c2=S)c(OC)c1. The van der Waals surface area contributed by atoms with E-state index in [0.29, 0.717) is 11.3 Å². The van der Waals surface area contributed by atoms with Gasteiger partial charge in [0, 0.05) is 11.6 Å². The van der Waals surface area contributed by atoms with E-state index in [0.717, 1.165) is 17.1 Å². The van der Waals surface area contributed by atoms with Gasteiger partial charge >= 0.3 is 0 Å². The fourth-order valence-corrected chi connectivity index (χ4v) is 1.71. The summed E-state index contributed by atoms with van der Waals surface area (Å²) in [5, 5.41) is 6.59. The molecule has 0 atom stereocenters. The summed E-state index contributed by atoms with van der Waals surface area (Å²) in [6, 6.07) is 5.69. The van der Waals surface area contributed by atoms with Crippen molar-refractivity contribution in [3.05, 3.63) is 34.9 Å². The summed E-state index contributed by atoms with van der Waals surface area (Å²) in [5.41, 5.74) is 1.02. The number of aromatic nitrogens is 3. The fraction of sp³-hybridized carbons (Fsp3) is 0.273. The number of rotatable bonds is 4. The van der Waals surface area contributed by atoms with Gasteiger partial charge in [-0.1, -0.05) is 0 Å². The summed E-state index contributed by atoms with van der Waals surface area (Å²) < 4.78 is 12.9. The van der Waals surface area contributed by atoms with Crippen LogP contribution < -0.4 is 9.47 Å². The summed E-state index contributed by atoms with van der Waals surface area (Å²) in [6.45, 7) is 0.614. The van der Waals surface area contributed by atoms with Crippen LogP contribution in [0.2, 0.25) is 0 Å². The third kappa shape index (κ3) is 2.47. The molecule has 90 valence electrons. The number of H-pyrrole nitrogens is 1. The van der Waals surface area contributed by atoms with Gasteiger partial charge in [0.1, 0.15) is 17.8 Å². The number of methoxy groups -OCH3 is 2. The summed E-state index contributed by atoms with van der Waals surface area (Å²) in [5.74, 6) is 1.54. The van der Waals surface area contributed by atoms with E-state index in [9.17, 15) is 0 Å². The Hall–Kier alpha value is -1.82. The van der Waals surface area contributed by atoms with Crippen molar-refractivity contribution in [1.82, 2.24) is 14.8 Å². The first-order valence-electron chi connectivity index (χ1n) is 5.05. The number of nitrogens with one attached hydrogen (secondary N) is 1. The maximum absolute atomic E-state index is 5.32. The normalized spacial score (nSPS) is 10.2. The molecule has 0 amide bonds. The second-order valence-corrected chi connectivity index (χ2v) is 3.85. The Morgan fingerprint density at radius 2 is 2.18 bits per heavy atom. The van der Waals surface area contributed by atoms with E-state index in [2.05, 4.69) is 10.2 Å². The molecule has 6 heteroatoms. The van der Waals surface area contributed by atoms with Crippen molar-refractivity contribution < 1.29 is 9.47 Å². The Labute approximate surface area is 104 Å². The van der Waals surface area contributed by atoms with Crippen molar-refractivity contribution in [3.8, 4) is 11.5 Å². The van der Waals surface area contributed by atoms with Crippen LogP contribution in [0.25, 0.3) is 0 Å². The molecule has 0 fully saturated rings. The molecule has 0 bridgehead atoms. The van der Waals surface area contributed by atoms with E-state index < -0.39 is 0 Å². The lowest BCUT2D eigenvalue weighted by molar-refractivity contribution is 0.390. The third-order valence-electron chi connectivity index (χ3n) is 2.45. The van der Waals surface area contributed by atoms with Crippen LogP contribution in [-0.2, 0) is 6.54 Å². The highest BCUT2D eigenvalue weighted by molar-refractivity contribution is 7.71. The molecule has 0 aliphatic rings. The van der Waals surface area contributed by atoms with E-state index in [-0.39, 0.29) is 0 Å². The molecule has 2 rings (SSSR count). The zero-order valence-electron chi connectivity index (χ0n) is 9.64. The standard InChI is InChI=1S/C11H13N3O2S/c1-15-9-4-3-8(10(5-9)16-2)6-14-7-12-13-11(14)17/h3-5,7H,6H2,1-2H3,(H,13,17). The van der Waals surface area contributed by atoms with Gasteiger partial charge in [-0.05, 0) is 24.4 Å². The van der Waals surface area contributed by atoms with Gasteiger partial charge in [0.25, 0.3) is 0 Å². The lowest BCUT2D eigenvalue weighted by atomic mass is 10.2. The van der Waals surface area contributed by atoms with E-state index in [1.807, 2.05) is 22.8 Å². The molecule has 5 nitrogen and oxygen atoms in total. The fourth-order valence-electron chi connectivity index (χ4n) is 1.55. The molecule has 0 aliphatic carbocycles. The first-order valence-corrected chi connectivity index (χ1v) is 5.46. The Morgan fingerprint density at radius 3 is 2.76 bits per heavy atom. The Kier molecular flexibility index (Phi) is 3.43. The molecule has 1 aromatic heterocycles. The second kappa shape index (κ2) is 5.01. The van der Waals surface area contributed by atoms with Crippen molar-refractivity contribution in [2.45, 2.75) is 6.54 Å². The lowest BCUT2D eigenvalue weighted by Crippen LogP contribution is -2.01. The highest BCUT2D eigenvalue weighted by Crippen LogP contribution is 2.25. The molecule has 2 aromatic rings. The van der Waals surface area contributed by atoms with Gasteiger partial charge in [0.15, 0.2) is 4.77 Å². The molecule has 0 saturated carbocycles. The Morgan fingerprint density at radius 1 is 1.35 bits per heavy atom. The molecule has 1 heterocycles. The molecular weight excluding hydrogens is 238 g/mol. The number of nitrogens with zero attached hydrogens (tertiary/aromatic N) is 2. The highest BCUT2D eigenvalue weighted by atomic mass is 32.1. The maximum Gasteiger partial charge on any atom is 0.195 e. The summed E-state index contributed by atoms with van der Waals surface area (Å²) >= 11 is 5.09. The molecule has 0 aliphatic heterocycles. The average Bonchev–Trinajstić information content (AvgIpc) is 2.75. The number of hydrogen-bond donors (Lipinski definition) is 1. The number of ether oxygens (including phenoxy) is 2. The quantitative estimate of drug-likeness (QED) is 0.844. The minimum absolute atomic E-state index is 0.586. The molecule has 0 spiro atoms. The summed E-state index contributed by atoms with van der Waals surface area (Å²) in [4.78, 5) is 0. The minimum Gasteiger partial charge on any atom is -0.497 e. The molecule has 0 unspecified atom stereocenters. The van der Waals surface area contributed by atoms with Crippen molar-refractivity contribution in [1.29, 1.82) is 0 Å². The van der Waals surface area contributed by atoms with Gasteiger partial charge in [0.2, 0.25) is 0 Å². The summed E-state index contributed by atoms with van der Waals surface area (Å²) in [6.07, 6.45) is 1.66. The van der Waals surface area contributed by atoms with Crippen LogP contribution in [0.4, 0.5) is 0 Å². The van der Waals surface area contributed by atoms with Crippen LogP contribution in [0, 0.1) is 4.77 Å². The van der Waals surface area contributed by atoms with E-state index in [4.69, 9.17) is 21.7 Å². The first-order chi connectivity index (χ1) is 8.24. The van der Waals surface area contributed by atoms with Crippen LogP contribution >= 0.6 is 12.2 Å². The largest absolute Gasteiger partial charge is 0.497 e. The van der Waals surface area contributed by atoms with Gasteiger partial charge in [0.05, 0.1) is 20.8 Å². The number of hydrogen-bond acceptors (Lipinski definition) is 4. The van der Waals surface area contributed by atoms with Crippen LogP contribution in [0.15, 0.2) is 24.5 Å². The van der Waals surface area contributed by atoms with E-state index >= 15 is 0 Å². The van der Waals surface area contributed by atoms with Crippen molar-refractivity contribution in [2.24, 2.45) is 0 Å². The monoisotopic (exact) mass is 251 g/mol. The van der Waals surface area contributed by atoms with Gasteiger partial charge in [-0.3, -0.25) is 5.10 Å². The maximum atomic E-state index is 5.32. The zero-order chi connectivity index (χ0) is 12.3. The van der Waals surface area contributed by atoms with E-state index in [1.165, 1.54) is 0 Å². The molecule has 17 heavy (non-hydrogen) atoms. The molecule has 0 saturated heterocycles. The number of benzene rings is 1. The van der Waals surface area contributed by atoms with Crippen molar-refractivity contribution in [2.75, 3.05) is 14.2 Å². The predicted octanol–water partition coefficient (Wildman–Crippen LogP) is 2.01. The number of aromatic amines is 1. The molecule has 1 aromatic carbocycles. The topological polar surface area (TPSA) is 52.1 Å². The highest BCUT2D eigenvalue weighted by Gasteiger charge is 2.06. The lowest BCUT2D eigenvalue weighted by Gasteiger charge is -2.10. The Balaban J connectivity index is 2.33. The van der Waals surface area contributed by atoms with Crippen LogP contribution in [-0.4, -0.2) is 29.0 Å². The average molecular weight is 251 g/mol. The molecular formula is C11H13N3O2S. The van der Waals surface area contributed by atoms with Crippen molar-refractivity contribution >= 4 is 12.2 Å². The molecule has 0 radical (unpaired) electrons. The molecule has 1 N–H and O–H groups in total. The zero-order valence-corrected chi connectivity index (χ0v) is 10.5. The first kappa shape index (κ1) is 11.7. The minimum atomic E-state index is 0.586. The predicted molar refractivity (Wildman–Crippen MR) is 66.1 cm³/mol. The third-order valence-corrected chi connectivity index (χ3v) is 2.78. The van der Waals surface area contributed by atoms with Gasteiger partial charge in [-0.15, -0.1) is 0 Å². The van der Waals surface area contributed by atoms with E-state index in [1.54, 1.807) is 20.5 Å². The van der Waals surface area contributed by atoms with Crippen molar-refractivity contribution in [3.63, 3.8) is 0 Å². The van der Waals surface area contributed by atoms with Gasteiger partial charge < -0.3 is 14.0 Å². The van der Waals surface area contributed by atoms with Crippen LogP contribution in [0.1, 0.15) is 5.56 Å². The smallest absolute Gasteiger partial charge is 0.195 e. The van der Waals surface area contributed by atoms with Gasteiger partial charge in [-0.25, -0.2) is 0 Å². The summed E-state index contributed by atoms with van der Waals surface area (Å²) in [7, 11) is 3.26. The second-order valence-electron chi connectivity index (χ2n) is 3.47. The van der Waals surface area contributed by atoms with Gasteiger partial charge in [-0.2, -0.15) is 5.10 Å². The van der Waals surface area contributed by atoms with Crippen LogP contribution in [0.5, 0.6) is 11.5 Å². The Bertz CT molecular complexity index is 562.